The Hall–Kier alpha value is -1.28. The van der Waals surface area contributed by atoms with E-state index in [4.69, 9.17) is 4.74 Å². The summed E-state index contributed by atoms with van der Waals surface area (Å²) < 4.78 is 5.66. The quantitative estimate of drug-likeness (QED) is 0.729. The van der Waals surface area contributed by atoms with Crippen LogP contribution in [-0.4, -0.2) is 12.2 Å². The second-order valence-electron chi connectivity index (χ2n) is 8.86. The first-order valence-corrected chi connectivity index (χ1v) is 9.79. The lowest BCUT2D eigenvalue weighted by atomic mass is 9.47. The maximum atomic E-state index is 9.56. The Bertz CT molecular complexity index is 662. The average Bonchev–Trinajstić information content (AvgIpc) is 2.60. The van der Waals surface area contributed by atoms with Gasteiger partial charge >= 0.3 is 0 Å². The second-order valence-corrected chi connectivity index (χ2v) is 8.86. The lowest BCUT2D eigenvalue weighted by Gasteiger charge is -2.58. The third-order valence-corrected chi connectivity index (χ3v) is 7.69. The molecule has 0 spiro atoms. The number of methoxy groups -OCH3 is 1. The highest BCUT2D eigenvalue weighted by Crippen LogP contribution is 2.61. The topological polar surface area (TPSA) is 29.5 Å². The van der Waals surface area contributed by atoms with Crippen LogP contribution in [0.4, 0.5) is 0 Å². The molecule has 25 heavy (non-hydrogen) atoms. The van der Waals surface area contributed by atoms with E-state index < -0.39 is 0 Å². The van der Waals surface area contributed by atoms with E-state index in [-0.39, 0.29) is 12.0 Å². The summed E-state index contributed by atoms with van der Waals surface area (Å²) in [4.78, 5) is 0. The monoisotopic (exact) mass is 342 g/mol. The third-order valence-electron chi connectivity index (χ3n) is 7.69. The van der Waals surface area contributed by atoms with E-state index in [0.29, 0.717) is 17.3 Å². The van der Waals surface area contributed by atoms with Gasteiger partial charge in [0, 0.05) is 0 Å². The SMILES string of the molecule is COc1ccc(CO)cc1CC1(C)C(C)CCC2(C)C(C)=CCCC21. The van der Waals surface area contributed by atoms with E-state index in [9.17, 15) is 5.11 Å². The number of aliphatic hydroxyl groups excluding tert-OH is 1. The van der Waals surface area contributed by atoms with Gasteiger partial charge in [-0.25, -0.2) is 0 Å². The van der Waals surface area contributed by atoms with Crippen LogP contribution in [0.25, 0.3) is 0 Å². The fourth-order valence-electron chi connectivity index (χ4n) is 5.69. The molecule has 3 rings (SSSR count). The highest BCUT2D eigenvalue weighted by atomic mass is 16.5. The van der Waals surface area contributed by atoms with E-state index >= 15 is 0 Å². The van der Waals surface area contributed by atoms with Crippen LogP contribution >= 0.6 is 0 Å². The van der Waals surface area contributed by atoms with Crippen molar-refractivity contribution in [1.82, 2.24) is 0 Å². The van der Waals surface area contributed by atoms with Gasteiger partial charge in [0.2, 0.25) is 0 Å². The van der Waals surface area contributed by atoms with Crippen LogP contribution in [0, 0.1) is 22.7 Å². The van der Waals surface area contributed by atoms with Gasteiger partial charge in [-0.15, -0.1) is 0 Å². The van der Waals surface area contributed by atoms with Crippen molar-refractivity contribution in [3.63, 3.8) is 0 Å². The molecule has 1 N–H and O–H groups in total. The fraction of sp³-hybridized carbons (Fsp3) is 0.652. The first-order valence-electron chi connectivity index (χ1n) is 9.79. The van der Waals surface area contributed by atoms with Gasteiger partial charge in [0.1, 0.15) is 5.75 Å². The molecular formula is C23H34O2. The molecule has 1 fully saturated rings. The van der Waals surface area contributed by atoms with Crippen LogP contribution in [0.1, 0.15) is 64.5 Å². The van der Waals surface area contributed by atoms with Gasteiger partial charge in [0.15, 0.2) is 0 Å². The molecule has 0 radical (unpaired) electrons. The molecule has 4 unspecified atom stereocenters. The van der Waals surface area contributed by atoms with E-state index in [1.54, 1.807) is 12.7 Å². The molecule has 1 aromatic carbocycles. The predicted octanol–water partition coefficient (Wildman–Crippen LogP) is 5.53. The Kier molecular flexibility index (Phi) is 5.03. The van der Waals surface area contributed by atoms with Crippen molar-refractivity contribution >= 4 is 0 Å². The molecule has 0 aromatic heterocycles. The number of ether oxygens (including phenoxy) is 1. The predicted molar refractivity (Wildman–Crippen MR) is 104 cm³/mol. The van der Waals surface area contributed by atoms with Gasteiger partial charge in [-0.1, -0.05) is 38.5 Å². The van der Waals surface area contributed by atoms with Crippen LogP contribution in [-0.2, 0) is 13.0 Å². The minimum absolute atomic E-state index is 0.0895. The molecule has 2 nitrogen and oxygen atoms in total. The molecule has 2 aliphatic carbocycles. The molecule has 2 heteroatoms. The van der Waals surface area contributed by atoms with Crippen LogP contribution in [0.2, 0.25) is 0 Å². The Morgan fingerprint density at radius 2 is 2.00 bits per heavy atom. The van der Waals surface area contributed by atoms with Gasteiger partial charge < -0.3 is 9.84 Å². The number of benzene rings is 1. The van der Waals surface area contributed by atoms with Crippen LogP contribution in [0.3, 0.4) is 0 Å². The Balaban J connectivity index is 2.01. The van der Waals surface area contributed by atoms with E-state index in [1.165, 1.54) is 31.2 Å². The summed E-state index contributed by atoms with van der Waals surface area (Å²) >= 11 is 0. The zero-order chi connectivity index (χ0) is 18.2. The number of hydrogen-bond acceptors (Lipinski definition) is 2. The van der Waals surface area contributed by atoms with Crippen molar-refractivity contribution in [3.05, 3.63) is 41.0 Å². The van der Waals surface area contributed by atoms with Crippen molar-refractivity contribution in [2.45, 2.75) is 66.4 Å². The Labute approximate surface area is 153 Å². The lowest BCUT2D eigenvalue weighted by molar-refractivity contribution is -0.0412. The number of fused-ring (bicyclic) bond motifs is 1. The molecule has 4 atom stereocenters. The summed E-state index contributed by atoms with van der Waals surface area (Å²) in [5, 5.41) is 9.56. The molecule has 138 valence electrons. The van der Waals surface area contributed by atoms with Gasteiger partial charge in [0.05, 0.1) is 13.7 Å². The zero-order valence-electron chi connectivity index (χ0n) is 16.6. The van der Waals surface area contributed by atoms with Gasteiger partial charge in [-0.2, -0.15) is 0 Å². The van der Waals surface area contributed by atoms with Crippen LogP contribution < -0.4 is 4.74 Å². The number of aliphatic hydroxyl groups is 1. The van der Waals surface area contributed by atoms with E-state index in [1.807, 2.05) is 12.1 Å². The maximum Gasteiger partial charge on any atom is 0.122 e. The molecule has 1 aromatic rings. The highest BCUT2D eigenvalue weighted by molar-refractivity contribution is 5.38. The normalized spacial score (nSPS) is 35.0. The number of rotatable bonds is 4. The standard InChI is InChI=1S/C23H34O2/c1-16-7-6-8-21-22(16,3)12-11-17(2)23(21,4)14-19-13-18(15-24)9-10-20(19)25-5/h7,9-10,13,17,21,24H,6,8,11-12,14-15H2,1-5H3. The van der Waals surface area contributed by atoms with Crippen molar-refractivity contribution in [2.24, 2.45) is 22.7 Å². The van der Waals surface area contributed by atoms with E-state index in [2.05, 4.69) is 39.8 Å². The third kappa shape index (κ3) is 3.03. The first kappa shape index (κ1) is 18.5. The smallest absolute Gasteiger partial charge is 0.122 e. The van der Waals surface area contributed by atoms with Crippen molar-refractivity contribution in [1.29, 1.82) is 0 Å². The van der Waals surface area contributed by atoms with Crippen LogP contribution in [0.5, 0.6) is 5.75 Å². The van der Waals surface area contributed by atoms with Crippen molar-refractivity contribution in [3.8, 4) is 5.75 Å². The second kappa shape index (κ2) is 6.79. The first-order chi connectivity index (χ1) is 11.8. The molecule has 2 aliphatic rings. The Morgan fingerprint density at radius 3 is 2.68 bits per heavy atom. The maximum absolute atomic E-state index is 9.56. The zero-order valence-corrected chi connectivity index (χ0v) is 16.6. The van der Waals surface area contributed by atoms with Gasteiger partial charge in [-0.3, -0.25) is 0 Å². The Morgan fingerprint density at radius 1 is 1.24 bits per heavy atom. The lowest BCUT2D eigenvalue weighted by Crippen LogP contribution is -2.50. The van der Waals surface area contributed by atoms with Crippen LogP contribution in [0.15, 0.2) is 29.8 Å². The highest BCUT2D eigenvalue weighted by Gasteiger charge is 2.53. The summed E-state index contributed by atoms with van der Waals surface area (Å²) in [5.41, 5.74) is 4.41. The van der Waals surface area contributed by atoms with E-state index in [0.717, 1.165) is 17.7 Å². The molecule has 0 heterocycles. The molecule has 0 aliphatic heterocycles. The largest absolute Gasteiger partial charge is 0.496 e. The summed E-state index contributed by atoms with van der Waals surface area (Å²) in [6.45, 7) is 9.87. The molecule has 1 saturated carbocycles. The van der Waals surface area contributed by atoms with Crippen molar-refractivity contribution in [2.75, 3.05) is 7.11 Å². The summed E-state index contributed by atoms with van der Waals surface area (Å²) in [6.07, 6.45) is 8.60. The van der Waals surface area contributed by atoms with Gasteiger partial charge in [0.25, 0.3) is 0 Å². The summed E-state index contributed by atoms with van der Waals surface area (Å²) in [6, 6.07) is 6.13. The van der Waals surface area contributed by atoms with Crippen molar-refractivity contribution < 1.29 is 9.84 Å². The summed E-state index contributed by atoms with van der Waals surface area (Å²) in [5.74, 6) is 2.36. The summed E-state index contributed by atoms with van der Waals surface area (Å²) in [7, 11) is 1.75. The number of hydrogen-bond donors (Lipinski definition) is 1. The van der Waals surface area contributed by atoms with Gasteiger partial charge in [-0.05, 0) is 85.0 Å². The molecule has 0 saturated heterocycles. The minimum atomic E-state index is 0.0895. The number of allylic oxidation sites excluding steroid dienone is 2. The molecule has 0 amide bonds. The average molecular weight is 343 g/mol. The molecular weight excluding hydrogens is 308 g/mol. The molecule has 0 bridgehead atoms. The minimum Gasteiger partial charge on any atom is -0.496 e. The fourth-order valence-corrected chi connectivity index (χ4v) is 5.69.